The lowest BCUT2D eigenvalue weighted by molar-refractivity contribution is -0.114. The zero-order chi connectivity index (χ0) is 15.1. The molecule has 0 atom stereocenters. The van der Waals surface area contributed by atoms with Crippen molar-refractivity contribution in [2.75, 3.05) is 11.9 Å². The van der Waals surface area contributed by atoms with Crippen LogP contribution in [0.3, 0.4) is 0 Å². The van der Waals surface area contributed by atoms with Gasteiger partial charge in [-0.1, -0.05) is 6.07 Å². The predicted molar refractivity (Wildman–Crippen MR) is 77.8 cm³/mol. The Morgan fingerprint density at radius 3 is 2.90 bits per heavy atom. The first-order valence-corrected chi connectivity index (χ1v) is 6.65. The fraction of sp³-hybridized carbons (Fsp3) is 0.286. The molecule has 7 nitrogen and oxygen atoms in total. The summed E-state index contributed by atoms with van der Waals surface area (Å²) in [6.07, 6.45) is 2.96. The van der Waals surface area contributed by atoms with E-state index in [1.165, 1.54) is 13.3 Å². The van der Waals surface area contributed by atoms with Crippen LogP contribution in [0.5, 0.6) is 0 Å². The van der Waals surface area contributed by atoms with Crippen LogP contribution >= 0.6 is 0 Å². The molecule has 3 N–H and O–H groups in total. The van der Waals surface area contributed by atoms with Crippen molar-refractivity contribution in [3.8, 4) is 0 Å². The van der Waals surface area contributed by atoms with E-state index >= 15 is 0 Å². The predicted octanol–water partition coefficient (Wildman–Crippen LogP) is 1.13. The van der Waals surface area contributed by atoms with Crippen LogP contribution in [0.1, 0.15) is 29.5 Å². The lowest BCUT2D eigenvalue weighted by atomic mass is 10.2. The minimum atomic E-state index is -0.167. The summed E-state index contributed by atoms with van der Waals surface area (Å²) in [5.74, 6) is 0.469. The van der Waals surface area contributed by atoms with E-state index in [1.54, 1.807) is 24.3 Å². The summed E-state index contributed by atoms with van der Waals surface area (Å²) in [4.78, 5) is 27.0. The normalized spacial score (nSPS) is 10.1. The number of nitrogens with zero attached hydrogens (tertiary/aromatic N) is 2. The van der Waals surface area contributed by atoms with Crippen LogP contribution in [0, 0.1) is 0 Å². The number of amides is 2. The summed E-state index contributed by atoms with van der Waals surface area (Å²) in [5, 5.41) is 12.0. The number of anilines is 1. The van der Waals surface area contributed by atoms with Gasteiger partial charge in [0.05, 0.1) is 0 Å². The molecule has 0 saturated heterocycles. The molecule has 2 aromatic rings. The first-order valence-electron chi connectivity index (χ1n) is 6.65. The van der Waals surface area contributed by atoms with Crippen LogP contribution < -0.4 is 10.6 Å². The van der Waals surface area contributed by atoms with Crippen molar-refractivity contribution in [2.45, 2.75) is 19.8 Å². The Morgan fingerprint density at radius 2 is 2.19 bits per heavy atom. The van der Waals surface area contributed by atoms with Gasteiger partial charge in [-0.05, 0) is 24.6 Å². The van der Waals surface area contributed by atoms with E-state index in [4.69, 9.17) is 0 Å². The summed E-state index contributed by atoms with van der Waals surface area (Å²) in [6, 6.07) is 6.82. The molecule has 0 aliphatic rings. The number of hydrogen-bond acceptors (Lipinski definition) is 4. The van der Waals surface area contributed by atoms with E-state index in [2.05, 4.69) is 25.8 Å². The van der Waals surface area contributed by atoms with Gasteiger partial charge in [-0.2, -0.15) is 5.10 Å². The summed E-state index contributed by atoms with van der Waals surface area (Å²) in [5.41, 5.74) is 1.12. The third-order valence-corrected chi connectivity index (χ3v) is 2.79. The fourth-order valence-corrected chi connectivity index (χ4v) is 1.85. The largest absolute Gasteiger partial charge is 0.352 e. The summed E-state index contributed by atoms with van der Waals surface area (Å²) < 4.78 is 0. The van der Waals surface area contributed by atoms with Crippen molar-refractivity contribution in [1.29, 1.82) is 0 Å². The molecule has 0 bridgehead atoms. The van der Waals surface area contributed by atoms with Gasteiger partial charge in [0, 0.05) is 31.1 Å². The maximum Gasteiger partial charge on any atom is 0.251 e. The number of carbonyl (C=O) groups is 2. The first kappa shape index (κ1) is 14.7. The third-order valence-electron chi connectivity index (χ3n) is 2.79. The van der Waals surface area contributed by atoms with Crippen LogP contribution in [0.25, 0.3) is 0 Å². The van der Waals surface area contributed by atoms with Gasteiger partial charge in [0.1, 0.15) is 12.2 Å². The first-order chi connectivity index (χ1) is 10.1. The highest BCUT2D eigenvalue weighted by Gasteiger charge is 2.06. The van der Waals surface area contributed by atoms with Crippen molar-refractivity contribution >= 4 is 17.5 Å². The van der Waals surface area contributed by atoms with Gasteiger partial charge in [-0.15, -0.1) is 0 Å². The van der Waals surface area contributed by atoms with Gasteiger partial charge in [-0.3, -0.25) is 14.7 Å². The molecule has 7 heteroatoms. The van der Waals surface area contributed by atoms with Crippen molar-refractivity contribution in [3.63, 3.8) is 0 Å². The molecule has 21 heavy (non-hydrogen) atoms. The maximum absolute atomic E-state index is 12.0. The van der Waals surface area contributed by atoms with Crippen molar-refractivity contribution < 1.29 is 9.59 Å². The number of hydrogen-bond donors (Lipinski definition) is 3. The monoisotopic (exact) mass is 287 g/mol. The molecule has 0 aliphatic heterocycles. The second-order valence-corrected chi connectivity index (χ2v) is 4.55. The second-order valence-electron chi connectivity index (χ2n) is 4.55. The molecule has 0 radical (unpaired) electrons. The Kier molecular flexibility index (Phi) is 5.03. The van der Waals surface area contributed by atoms with Gasteiger partial charge < -0.3 is 10.6 Å². The summed E-state index contributed by atoms with van der Waals surface area (Å²) in [6.45, 7) is 1.97. The number of carbonyl (C=O) groups excluding carboxylic acids is 2. The van der Waals surface area contributed by atoms with Crippen molar-refractivity contribution in [3.05, 3.63) is 42.0 Å². The van der Waals surface area contributed by atoms with Crippen LogP contribution in [0.4, 0.5) is 5.69 Å². The molecule has 110 valence electrons. The Labute approximate surface area is 122 Å². The number of rotatable bonds is 6. The van der Waals surface area contributed by atoms with Crippen LogP contribution in [-0.2, 0) is 11.2 Å². The van der Waals surface area contributed by atoms with E-state index in [0.717, 1.165) is 18.7 Å². The standard InChI is InChI=1S/C14H17N5O2/c1-10(20)18-12-5-2-4-11(8-12)14(21)15-7-3-6-13-16-9-17-19-13/h2,4-5,8-9H,3,6-7H2,1H3,(H,15,21)(H,18,20)(H,16,17,19). The third kappa shape index (κ3) is 4.72. The Hall–Kier alpha value is -2.70. The lowest BCUT2D eigenvalue weighted by Crippen LogP contribution is -2.25. The number of aromatic nitrogens is 3. The Balaban J connectivity index is 1.81. The Bertz CT molecular complexity index is 610. The van der Waals surface area contributed by atoms with Gasteiger partial charge in [0.15, 0.2) is 0 Å². The summed E-state index contributed by atoms with van der Waals surface area (Å²) in [7, 11) is 0. The number of aromatic amines is 1. The zero-order valence-corrected chi connectivity index (χ0v) is 11.7. The number of H-pyrrole nitrogens is 1. The highest BCUT2D eigenvalue weighted by atomic mass is 16.2. The van der Waals surface area contributed by atoms with Gasteiger partial charge >= 0.3 is 0 Å². The average molecular weight is 287 g/mol. The van der Waals surface area contributed by atoms with E-state index in [9.17, 15) is 9.59 Å². The van der Waals surface area contributed by atoms with Gasteiger partial charge in [0.2, 0.25) is 5.91 Å². The SMILES string of the molecule is CC(=O)Nc1cccc(C(=O)NCCCc2ncn[nH]2)c1. The highest BCUT2D eigenvalue weighted by Crippen LogP contribution is 2.10. The summed E-state index contributed by atoms with van der Waals surface area (Å²) >= 11 is 0. The highest BCUT2D eigenvalue weighted by molar-refractivity contribution is 5.96. The molecule has 0 fully saturated rings. The number of benzene rings is 1. The topological polar surface area (TPSA) is 99.8 Å². The minimum Gasteiger partial charge on any atom is -0.352 e. The number of aryl methyl sites for hydroxylation is 1. The molecule has 2 rings (SSSR count). The van der Waals surface area contributed by atoms with Crippen molar-refractivity contribution in [2.24, 2.45) is 0 Å². The van der Waals surface area contributed by atoms with E-state index in [1.807, 2.05) is 0 Å². The van der Waals surface area contributed by atoms with Crippen LogP contribution in [0.15, 0.2) is 30.6 Å². The van der Waals surface area contributed by atoms with E-state index in [0.29, 0.717) is 17.8 Å². The molecule has 0 spiro atoms. The Morgan fingerprint density at radius 1 is 1.33 bits per heavy atom. The molecule has 0 unspecified atom stereocenters. The molecule has 0 aliphatic carbocycles. The van der Waals surface area contributed by atoms with Crippen LogP contribution in [0.2, 0.25) is 0 Å². The smallest absolute Gasteiger partial charge is 0.251 e. The lowest BCUT2D eigenvalue weighted by Gasteiger charge is -2.07. The van der Waals surface area contributed by atoms with Crippen molar-refractivity contribution in [1.82, 2.24) is 20.5 Å². The average Bonchev–Trinajstić information content (AvgIpc) is 2.96. The zero-order valence-electron chi connectivity index (χ0n) is 11.7. The van der Waals surface area contributed by atoms with Gasteiger partial charge in [-0.25, -0.2) is 4.98 Å². The quantitative estimate of drug-likeness (QED) is 0.693. The molecule has 2 amide bonds. The molecule has 0 saturated carbocycles. The molecular formula is C14H17N5O2. The molecule has 1 aromatic heterocycles. The molecule has 1 aromatic carbocycles. The van der Waals surface area contributed by atoms with Gasteiger partial charge in [0.25, 0.3) is 5.91 Å². The molecule has 1 heterocycles. The maximum atomic E-state index is 12.0. The minimum absolute atomic E-state index is 0.167. The fourth-order valence-electron chi connectivity index (χ4n) is 1.85. The van der Waals surface area contributed by atoms with Crippen LogP contribution in [-0.4, -0.2) is 33.5 Å². The second kappa shape index (κ2) is 7.18. The molecular weight excluding hydrogens is 270 g/mol. The number of nitrogens with one attached hydrogen (secondary N) is 3. The van der Waals surface area contributed by atoms with E-state index in [-0.39, 0.29) is 11.8 Å². The van der Waals surface area contributed by atoms with E-state index < -0.39 is 0 Å².